The Morgan fingerprint density at radius 1 is 1.03 bits per heavy atom. The van der Waals surface area contributed by atoms with E-state index in [2.05, 4.69) is 20.2 Å². The molecule has 4 fully saturated rings. The van der Waals surface area contributed by atoms with Crippen molar-refractivity contribution in [2.45, 2.75) is 87.6 Å². The number of benzene rings is 2. The Hall–Kier alpha value is -5.52. The first-order valence-corrected chi connectivity index (χ1v) is 21.4. The minimum atomic E-state index is -2.12. The van der Waals surface area contributed by atoms with Crippen LogP contribution in [0.2, 0.25) is 0 Å². The van der Waals surface area contributed by atoms with Crippen molar-refractivity contribution in [1.29, 1.82) is 0 Å². The minimum Gasteiger partial charge on any atom is -0.461 e. The van der Waals surface area contributed by atoms with Crippen LogP contribution < -0.4 is 19.7 Å². The van der Waals surface area contributed by atoms with Crippen LogP contribution in [0.25, 0.3) is 32.9 Å². The number of aromatic nitrogens is 3. The number of halogens is 4. The highest BCUT2D eigenvalue weighted by atomic mass is 19.1. The second-order valence-corrected chi connectivity index (χ2v) is 17.9. The first kappa shape index (κ1) is 41.8. The maximum Gasteiger partial charge on any atom is 0.415 e. The monoisotopic (exact) mass is 862 g/mol. The number of carbonyl (C=O) groups excluding carboxylic acids is 3. The lowest BCUT2D eigenvalue weighted by Crippen LogP contribution is -2.60. The SMILES string of the molecule is CN(C)C(=O)C1(F)CCN(C(=O)Oc2cc3c4c(c(F)ccc4c2)CCCOC(=O)NC2(C)CC(F)CN(C2)c2nc(OCC45CCCN4CCC5)nc4c(F)c-3ncc24)CC1. The Bertz CT molecular complexity index is 2440. The van der Waals surface area contributed by atoms with Crippen LogP contribution in [0.1, 0.15) is 63.9 Å². The van der Waals surface area contributed by atoms with Crippen LogP contribution in [0.5, 0.6) is 11.8 Å². The van der Waals surface area contributed by atoms with Gasteiger partial charge in [-0.3, -0.25) is 14.7 Å². The first-order chi connectivity index (χ1) is 29.6. The summed E-state index contributed by atoms with van der Waals surface area (Å²) in [5, 5.41) is 3.66. The number of piperidine rings is 2. The average molecular weight is 863 g/mol. The number of aryl methyl sites for hydroxylation is 1. The van der Waals surface area contributed by atoms with E-state index < -0.39 is 47.1 Å². The molecule has 6 aliphatic heterocycles. The van der Waals surface area contributed by atoms with Gasteiger partial charge in [0.1, 0.15) is 41.4 Å². The molecule has 6 aliphatic rings. The molecule has 0 radical (unpaired) electrons. The number of rotatable bonds is 5. The van der Waals surface area contributed by atoms with E-state index in [1.165, 1.54) is 54.4 Å². The van der Waals surface area contributed by atoms with Crippen molar-refractivity contribution in [2.24, 2.45) is 0 Å². The van der Waals surface area contributed by atoms with Gasteiger partial charge >= 0.3 is 18.2 Å². The largest absolute Gasteiger partial charge is 0.461 e. The highest BCUT2D eigenvalue weighted by molar-refractivity contribution is 6.02. The predicted octanol–water partition coefficient (Wildman–Crippen LogP) is 6.50. The van der Waals surface area contributed by atoms with Crippen LogP contribution in [-0.4, -0.2) is 137 Å². The Morgan fingerprint density at radius 3 is 2.53 bits per heavy atom. The molecule has 4 saturated heterocycles. The van der Waals surface area contributed by atoms with Gasteiger partial charge in [0.05, 0.1) is 29.6 Å². The van der Waals surface area contributed by atoms with Gasteiger partial charge < -0.3 is 34.2 Å². The molecule has 14 nitrogen and oxygen atoms in total. The van der Waals surface area contributed by atoms with E-state index in [1.54, 1.807) is 11.8 Å². The lowest BCUT2D eigenvalue weighted by Gasteiger charge is -2.42. The van der Waals surface area contributed by atoms with E-state index in [9.17, 15) is 14.4 Å². The lowest BCUT2D eigenvalue weighted by atomic mass is 9.90. The number of nitrogens with zero attached hydrogens (tertiary/aromatic N) is 7. The second-order valence-electron chi connectivity index (χ2n) is 17.9. The quantitative estimate of drug-likeness (QED) is 0.220. The molecule has 6 bridgehead atoms. The van der Waals surface area contributed by atoms with Crippen molar-refractivity contribution in [3.63, 3.8) is 0 Å². The van der Waals surface area contributed by atoms with E-state index in [-0.39, 0.29) is 128 Å². The first-order valence-electron chi connectivity index (χ1n) is 21.4. The average Bonchev–Trinajstić information content (AvgIpc) is 3.82. The Kier molecular flexibility index (Phi) is 10.8. The summed E-state index contributed by atoms with van der Waals surface area (Å²) in [6.07, 6.45) is 2.09. The Morgan fingerprint density at radius 2 is 1.79 bits per heavy atom. The zero-order valence-electron chi connectivity index (χ0n) is 35.1. The molecular formula is C44H50F4N8O6. The minimum absolute atomic E-state index is 0.0139. The molecule has 8 heterocycles. The fraction of sp³-hybridized carbons (Fsp3) is 0.545. The van der Waals surface area contributed by atoms with Crippen LogP contribution in [0.3, 0.4) is 0 Å². The summed E-state index contributed by atoms with van der Waals surface area (Å²) in [7, 11) is 2.94. The van der Waals surface area contributed by atoms with E-state index >= 15 is 17.6 Å². The number of ether oxygens (including phenoxy) is 3. The summed E-state index contributed by atoms with van der Waals surface area (Å²) in [5.74, 6) is -2.02. The van der Waals surface area contributed by atoms with Gasteiger partial charge in [0.25, 0.3) is 5.91 Å². The number of carbonyl (C=O) groups is 3. The number of alkyl halides is 2. The molecule has 0 aliphatic carbocycles. The number of pyridine rings is 1. The maximum atomic E-state index is 17.6. The van der Waals surface area contributed by atoms with Crippen LogP contribution in [0.15, 0.2) is 30.5 Å². The number of alkyl carbamates (subject to hydrolysis) is 1. The van der Waals surface area contributed by atoms with Crippen LogP contribution in [0.4, 0.5) is 33.0 Å². The molecule has 330 valence electrons. The number of anilines is 1. The zero-order chi connectivity index (χ0) is 43.6. The number of nitrogens with one attached hydrogen (secondary N) is 1. The van der Waals surface area contributed by atoms with Crippen molar-refractivity contribution in [2.75, 3.05) is 71.5 Å². The molecule has 2 aromatic heterocycles. The van der Waals surface area contributed by atoms with Gasteiger partial charge in [-0.2, -0.15) is 9.97 Å². The zero-order valence-corrected chi connectivity index (χ0v) is 35.1. The van der Waals surface area contributed by atoms with Crippen molar-refractivity contribution >= 4 is 45.6 Å². The van der Waals surface area contributed by atoms with Crippen molar-refractivity contribution in [3.05, 3.63) is 47.7 Å². The smallest absolute Gasteiger partial charge is 0.415 e. The number of fused-ring (bicyclic) bond motifs is 7. The molecule has 10 rings (SSSR count). The maximum absolute atomic E-state index is 17.6. The fourth-order valence-corrected chi connectivity index (χ4v) is 10.3. The molecule has 18 heteroatoms. The molecule has 1 N–H and O–H groups in total. The third-order valence-corrected chi connectivity index (χ3v) is 13.3. The number of hydrogen-bond acceptors (Lipinski definition) is 11. The van der Waals surface area contributed by atoms with Gasteiger partial charge in [-0.25, -0.2) is 27.2 Å². The number of amides is 3. The van der Waals surface area contributed by atoms with Crippen LogP contribution in [0, 0.1) is 11.6 Å². The van der Waals surface area contributed by atoms with Crippen LogP contribution >= 0.6 is 0 Å². The van der Waals surface area contributed by atoms with E-state index in [0.29, 0.717) is 5.39 Å². The summed E-state index contributed by atoms with van der Waals surface area (Å²) in [5.41, 5.74) is -3.57. The summed E-state index contributed by atoms with van der Waals surface area (Å²) in [6.45, 7) is 3.58. The van der Waals surface area contributed by atoms with E-state index in [4.69, 9.17) is 19.2 Å². The Labute approximate surface area is 355 Å². The van der Waals surface area contributed by atoms with E-state index in [0.717, 1.165) is 38.8 Å². The third kappa shape index (κ3) is 7.68. The van der Waals surface area contributed by atoms with Crippen molar-refractivity contribution in [1.82, 2.24) is 35.0 Å². The topological polar surface area (TPSA) is 143 Å². The summed E-state index contributed by atoms with van der Waals surface area (Å²) < 4.78 is 82.6. The van der Waals surface area contributed by atoms with Crippen molar-refractivity contribution < 1.29 is 46.2 Å². The molecule has 0 spiro atoms. The highest BCUT2D eigenvalue weighted by Gasteiger charge is 2.46. The van der Waals surface area contributed by atoms with Gasteiger partial charge in [0, 0.05) is 64.8 Å². The van der Waals surface area contributed by atoms with Gasteiger partial charge in [0.15, 0.2) is 11.5 Å². The molecule has 2 atom stereocenters. The molecule has 3 amide bonds. The summed E-state index contributed by atoms with van der Waals surface area (Å²) >= 11 is 0. The molecule has 2 aromatic carbocycles. The Balaban J connectivity index is 1.16. The number of hydrogen-bond donors (Lipinski definition) is 1. The lowest BCUT2D eigenvalue weighted by molar-refractivity contribution is -0.144. The second kappa shape index (κ2) is 16.0. The standard InChI is InChI=1S/C44H50F4N8O6/c1-42-21-27(45)23-55(24-42)37-31-22-49-35(34(47)36(31)50-39(51-37)61-25-43-10-5-14-56(43)15-6-11-43)30-20-28(62-41(59)54-16-12-44(48,13-17-54)38(57)53(2)3)19-26-8-9-32(46)29(33(26)30)7-4-18-60-40(58)52-42/h8-9,19-20,22,27H,4-7,10-18,21,23-25H2,1-3H3,(H,52,58). The van der Waals surface area contributed by atoms with Gasteiger partial charge in [-0.15, -0.1) is 0 Å². The van der Waals surface area contributed by atoms with Gasteiger partial charge in [0.2, 0.25) is 0 Å². The molecule has 2 unspecified atom stereocenters. The third-order valence-electron chi connectivity index (χ3n) is 13.3. The number of likely N-dealkylation sites (tertiary alicyclic amines) is 1. The predicted molar refractivity (Wildman–Crippen MR) is 221 cm³/mol. The van der Waals surface area contributed by atoms with Crippen molar-refractivity contribution in [3.8, 4) is 23.0 Å². The molecule has 62 heavy (non-hydrogen) atoms. The summed E-state index contributed by atoms with van der Waals surface area (Å²) in [4.78, 5) is 59.8. The normalized spacial score (nSPS) is 23.5. The molecular weight excluding hydrogens is 813 g/mol. The highest BCUT2D eigenvalue weighted by Crippen LogP contribution is 2.42. The van der Waals surface area contributed by atoms with Gasteiger partial charge in [-0.05, 0) is 93.1 Å². The molecule has 0 saturated carbocycles. The summed E-state index contributed by atoms with van der Waals surface area (Å²) in [6, 6.07) is 5.53. The van der Waals surface area contributed by atoms with Crippen LogP contribution in [-0.2, 0) is 16.0 Å². The molecule has 4 aromatic rings. The fourth-order valence-electron chi connectivity index (χ4n) is 10.3. The van der Waals surface area contributed by atoms with E-state index in [1.807, 2.05) is 0 Å². The van der Waals surface area contributed by atoms with Gasteiger partial charge in [-0.1, -0.05) is 6.07 Å².